The summed E-state index contributed by atoms with van der Waals surface area (Å²) < 4.78 is 38.4. The highest BCUT2D eigenvalue weighted by atomic mass is 32.1. The summed E-state index contributed by atoms with van der Waals surface area (Å²) in [4.78, 5) is 22.4. The van der Waals surface area contributed by atoms with E-state index in [1.165, 1.54) is 12.1 Å². The van der Waals surface area contributed by atoms with Gasteiger partial charge in [-0.05, 0) is 0 Å². The fourth-order valence-electron chi connectivity index (χ4n) is 2.00. The number of nitrogens with one attached hydrogen (secondary N) is 2. The van der Waals surface area contributed by atoms with Gasteiger partial charge in [-0.1, -0.05) is 0 Å². The molecule has 0 radical (unpaired) electrons. The van der Waals surface area contributed by atoms with Gasteiger partial charge in [0, 0.05) is 23.7 Å². The number of amides is 1. The highest BCUT2D eigenvalue weighted by molar-refractivity contribution is 7.09. The van der Waals surface area contributed by atoms with Crippen LogP contribution in [0.4, 0.5) is 19.9 Å². The van der Waals surface area contributed by atoms with E-state index in [1.54, 1.807) is 0 Å². The number of carbonyl (C=O) groups excluding carboxylic acids is 1. The highest BCUT2D eigenvalue weighted by Crippen LogP contribution is 2.42. The standard InChI is InChI=1S/C11H6F2N6O3S/c12-11(13)21-5-1-3-4(2-6(5)22-11)16-10(15-3)18-8(20)7-17-9(14)23-19-7/h1-2H,(H2,14,17,19)(H2,15,16,18,20). The Balaban J connectivity index is 1.62. The van der Waals surface area contributed by atoms with Crippen molar-refractivity contribution >= 4 is 39.6 Å². The van der Waals surface area contributed by atoms with E-state index >= 15 is 0 Å². The molecule has 23 heavy (non-hydrogen) atoms. The molecule has 1 aromatic carbocycles. The summed E-state index contributed by atoms with van der Waals surface area (Å²) >= 11 is 0.884. The summed E-state index contributed by atoms with van der Waals surface area (Å²) in [5.41, 5.74) is 6.09. The summed E-state index contributed by atoms with van der Waals surface area (Å²) in [6.45, 7) is 0. The Morgan fingerprint density at radius 3 is 2.74 bits per heavy atom. The van der Waals surface area contributed by atoms with Crippen molar-refractivity contribution in [3.8, 4) is 11.5 Å². The third-order valence-electron chi connectivity index (χ3n) is 2.88. The molecular formula is C11H6F2N6O3S. The Morgan fingerprint density at radius 2 is 2.04 bits per heavy atom. The molecule has 0 unspecified atom stereocenters. The third kappa shape index (κ3) is 2.38. The monoisotopic (exact) mass is 340 g/mol. The zero-order valence-electron chi connectivity index (χ0n) is 11.0. The molecule has 12 heteroatoms. The summed E-state index contributed by atoms with van der Waals surface area (Å²) in [5, 5.41) is 2.60. The van der Waals surface area contributed by atoms with E-state index in [2.05, 4.69) is 34.1 Å². The molecule has 0 spiro atoms. The van der Waals surface area contributed by atoms with Gasteiger partial charge < -0.3 is 20.2 Å². The maximum atomic E-state index is 13.0. The number of imidazole rings is 1. The van der Waals surface area contributed by atoms with Crippen molar-refractivity contribution in [2.75, 3.05) is 11.1 Å². The van der Waals surface area contributed by atoms with Crippen LogP contribution in [0.1, 0.15) is 10.6 Å². The van der Waals surface area contributed by atoms with Gasteiger partial charge in [0.15, 0.2) is 16.6 Å². The largest absolute Gasteiger partial charge is 0.586 e. The number of rotatable bonds is 2. The number of nitrogens with zero attached hydrogens (tertiary/aromatic N) is 3. The summed E-state index contributed by atoms with van der Waals surface area (Å²) in [6, 6.07) is 2.57. The number of benzene rings is 1. The lowest BCUT2D eigenvalue weighted by atomic mass is 10.3. The second-order valence-corrected chi connectivity index (χ2v) is 5.26. The van der Waals surface area contributed by atoms with Crippen molar-refractivity contribution < 1.29 is 23.0 Å². The zero-order chi connectivity index (χ0) is 16.2. The molecule has 4 rings (SSSR count). The van der Waals surface area contributed by atoms with Crippen LogP contribution in [-0.4, -0.2) is 31.5 Å². The number of hydrogen-bond donors (Lipinski definition) is 3. The van der Waals surface area contributed by atoms with Crippen molar-refractivity contribution in [3.63, 3.8) is 0 Å². The number of aromatic nitrogens is 4. The van der Waals surface area contributed by atoms with Crippen LogP contribution in [0.2, 0.25) is 0 Å². The number of carbonyl (C=O) groups is 1. The Bertz CT molecular complexity index is 894. The minimum Gasteiger partial charge on any atom is -0.395 e. The minimum absolute atomic E-state index is 0.0915. The number of aromatic amines is 1. The molecule has 1 aliphatic rings. The van der Waals surface area contributed by atoms with Crippen LogP contribution >= 0.6 is 11.5 Å². The molecule has 0 saturated heterocycles. The van der Waals surface area contributed by atoms with E-state index in [9.17, 15) is 13.6 Å². The van der Waals surface area contributed by atoms with E-state index in [-0.39, 0.29) is 28.4 Å². The number of fused-ring (bicyclic) bond motifs is 2. The van der Waals surface area contributed by atoms with Crippen LogP contribution in [0.15, 0.2) is 12.1 Å². The van der Waals surface area contributed by atoms with Crippen LogP contribution in [0.5, 0.6) is 11.5 Å². The normalized spacial score (nSPS) is 15.0. The minimum atomic E-state index is -3.70. The van der Waals surface area contributed by atoms with Gasteiger partial charge in [-0.3, -0.25) is 10.1 Å². The Hall–Kier alpha value is -3.02. The lowest BCUT2D eigenvalue weighted by molar-refractivity contribution is -0.286. The molecule has 4 N–H and O–H groups in total. The predicted octanol–water partition coefficient (Wildman–Crippen LogP) is 1.57. The SMILES string of the molecule is Nc1nc(C(=O)Nc2nc3cc4c(cc3[nH]2)OC(F)(F)O4)ns1. The third-order valence-corrected chi connectivity index (χ3v) is 3.42. The van der Waals surface area contributed by atoms with E-state index in [0.717, 1.165) is 11.5 Å². The molecule has 0 atom stereocenters. The second-order valence-electron chi connectivity index (χ2n) is 4.48. The van der Waals surface area contributed by atoms with E-state index in [4.69, 9.17) is 5.73 Å². The molecule has 0 bridgehead atoms. The van der Waals surface area contributed by atoms with Crippen LogP contribution in [0.3, 0.4) is 0 Å². The maximum absolute atomic E-state index is 13.0. The van der Waals surface area contributed by atoms with Crippen LogP contribution < -0.4 is 20.5 Å². The number of H-pyrrole nitrogens is 1. The molecule has 0 saturated carbocycles. The number of ether oxygens (including phenoxy) is 2. The number of nitrogen functional groups attached to an aromatic ring is 1. The number of alkyl halides is 2. The average molecular weight is 340 g/mol. The average Bonchev–Trinajstić information content (AvgIpc) is 3.10. The number of nitrogens with two attached hydrogens (primary N) is 1. The first-order chi connectivity index (χ1) is 10.9. The fraction of sp³-hybridized carbons (Fsp3) is 0.0909. The molecular weight excluding hydrogens is 334 g/mol. The molecule has 1 aliphatic heterocycles. The Labute approximate surface area is 129 Å². The van der Waals surface area contributed by atoms with Crippen molar-refractivity contribution in [3.05, 3.63) is 18.0 Å². The first-order valence-electron chi connectivity index (χ1n) is 6.10. The molecule has 2 aromatic heterocycles. The molecule has 118 valence electrons. The van der Waals surface area contributed by atoms with Crippen molar-refractivity contribution in [1.29, 1.82) is 0 Å². The molecule has 9 nitrogen and oxygen atoms in total. The van der Waals surface area contributed by atoms with Crippen molar-refractivity contribution in [2.45, 2.75) is 6.29 Å². The lowest BCUT2D eigenvalue weighted by Gasteiger charge is -2.04. The quantitative estimate of drug-likeness (QED) is 0.646. The van der Waals surface area contributed by atoms with Gasteiger partial charge in [0.05, 0.1) is 11.0 Å². The molecule has 1 amide bonds. The Kier molecular flexibility index (Phi) is 2.66. The van der Waals surface area contributed by atoms with Gasteiger partial charge in [-0.15, -0.1) is 8.78 Å². The van der Waals surface area contributed by atoms with Gasteiger partial charge in [0.2, 0.25) is 11.8 Å². The molecule has 0 aliphatic carbocycles. The van der Waals surface area contributed by atoms with Crippen LogP contribution in [0.25, 0.3) is 11.0 Å². The number of hydrogen-bond acceptors (Lipinski definition) is 8. The molecule has 3 heterocycles. The molecule has 0 fully saturated rings. The highest BCUT2D eigenvalue weighted by Gasteiger charge is 2.43. The number of anilines is 2. The Morgan fingerprint density at radius 1 is 1.30 bits per heavy atom. The topological polar surface area (TPSA) is 128 Å². The van der Waals surface area contributed by atoms with Gasteiger partial charge in [0.25, 0.3) is 5.91 Å². The van der Waals surface area contributed by atoms with E-state index < -0.39 is 12.2 Å². The summed E-state index contributed by atoms with van der Waals surface area (Å²) in [5.74, 6) is -0.877. The summed E-state index contributed by atoms with van der Waals surface area (Å²) in [7, 11) is 0. The van der Waals surface area contributed by atoms with E-state index in [1.807, 2.05) is 0 Å². The first-order valence-corrected chi connectivity index (χ1v) is 6.87. The number of halogens is 2. The van der Waals surface area contributed by atoms with Crippen molar-refractivity contribution in [1.82, 2.24) is 19.3 Å². The van der Waals surface area contributed by atoms with Gasteiger partial charge in [-0.25, -0.2) is 4.98 Å². The molecule has 3 aromatic rings. The second kappa shape index (κ2) is 4.49. The van der Waals surface area contributed by atoms with Gasteiger partial charge >= 0.3 is 6.29 Å². The lowest BCUT2D eigenvalue weighted by Crippen LogP contribution is -2.25. The first kappa shape index (κ1) is 13.6. The summed E-state index contributed by atoms with van der Waals surface area (Å²) in [6.07, 6.45) is -3.70. The van der Waals surface area contributed by atoms with E-state index in [0.29, 0.717) is 11.0 Å². The van der Waals surface area contributed by atoms with Crippen molar-refractivity contribution in [2.24, 2.45) is 0 Å². The van der Waals surface area contributed by atoms with Crippen LogP contribution in [0, 0.1) is 0 Å². The van der Waals surface area contributed by atoms with Gasteiger partial charge in [-0.2, -0.15) is 9.36 Å². The fourth-order valence-corrected chi connectivity index (χ4v) is 2.44. The van der Waals surface area contributed by atoms with Gasteiger partial charge in [0.1, 0.15) is 0 Å². The predicted molar refractivity (Wildman–Crippen MR) is 74.6 cm³/mol. The van der Waals surface area contributed by atoms with Crippen LogP contribution in [-0.2, 0) is 0 Å². The zero-order valence-corrected chi connectivity index (χ0v) is 11.8. The smallest absolute Gasteiger partial charge is 0.395 e. The maximum Gasteiger partial charge on any atom is 0.586 e.